The molecule has 0 unspecified atom stereocenters. The number of carboxylic acids is 1. The summed E-state index contributed by atoms with van der Waals surface area (Å²) >= 11 is 0. The molecule has 4 aromatic rings. The van der Waals surface area contributed by atoms with Gasteiger partial charge in [-0.25, -0.2) is 9.78 Å². The van der Waals surface area contributed by atoms with Crippen molar-refractivity contribution < 1.29 is 37.3 Å². The number of nitrogens with one attached hydrogen (secondary N) is 2. The lowest BCUT2D eigenvalue weighted by atomic mass is 10.1. The number of nitrogens with zero attached hydrogens (tertiary/aromatic N) is 4. The zero-order chi connectivity index (χ0) is 31.7. The van der Waals surface area contributed by atoms with Gasteiger partial charge in [0.1, 0.15) is 11.4 Å². The van der Waals surface area contributed by atoms with Crippen LogP contribution in [0, 0.1) is 6.92 Å². The van der Waals surface area contributed by atoms with Crippen LogP contribution in [0.15, 0.2) is 67.1 Å². The number of aromatic amines is 1. The van der Waals surface area contributed by atoms with E-state index in [0.717, 1.165) is 48.7 Å². The van der Waals surface area contributed by atoms with E-state index in [2.05, 4.69) is 36.2 Å². The standard InChI is InChI=1S/C28H30N6O3.C2HF3O2/c1-19-26(28(35)32-25(18-36-2)20-6-4-3-5-7-20)33-27(31-19)24-15-21(8-9-30-24)22-14-23(17-29-16-22)34-10-12-37-13-11-34;3-2(4,5)1(6)7/h3-9,14-17,25H,10-13,18H2,1-2H3,(H,31,33)(H,32,35);(H,6,7)/t25-;/m1./s1. The molecule has 1 amide bonds. The van der Waals surface area contributed by atoms with Crippen molar-refractivity contribution in [2.45, 2.75) is 19.1 Å². The zero-order valence-corrected chi connectivity index (χ0v) is 24.0. The minimum absolute atomic E-state index is 0.274. The van der Waals surface area contributed by atoms with Gasteiger partial charge in [0.25, 0.3) is 5.91 Å². The van der Waals surface area contributed by atoms with Crippen molar-refractivity contribution >= 4 is 17.6 Å². The molecule has 1 aliphatic rings. The SMILES string of the molecule is COC[C@@H](NC(=O)c1nc(-c2cc(-c3cncc(N4CCOCC4)c3)ccn2)[nH]c1C)c1ccccc1.O=C(O)C(F)(F)F. The van der Waals surface area contributed by atoms with Crippen molar-refractivity contribution in [1.82, 2.24) is 25.3 Å². The maximum Gasteiger partial charge on any atom is 0.490 e. The van der Waals surface area contributed by atoms with Crippen LogP contribution in [0.2, 0.25) is 0 Å². The molecular formula is C30H31F3N6O5. The molecule has 0 aliphatic carbocycles. The third kappa shape index (κ3) is 8.39. The summed E-state index contributed by atoms with van der Waals surface area (Å²) in [5.41, 5.74) is 5.63. The maximum absolute atomic E-state index is 13.2. The minimum atomic E-state index is -5.08. The van der Waals surface area contributed by atoms with Crippen LogP contribution in [0.3, 0.4) is 0 Å². The van der Waals surface area contributed by atoms with Crippen LogP contribution in [0.1, 0.15) is 27.8 Å². The number of benzene rings is 1. The number of aromatic nitrogens is 4. The lowest BCUT2D eigenvalue weighted by molar-refractivity contribution is -0.192. The summed E-state index contributed by atoms with van der Waals surface area (Å²) in [5, 5.41) is 10.2. The van der Waals surface area contributed by atoms with Crippen molar-refractivity contribution in [2.75, 3.05) is 44.9 Å². The number of methoxy groups -OCH3 is 1. The Morgan fingerprint density at radius 3 is 2.48 bits per heavy atom. The second-order valence-corrected chi connectivity index (χ2v) is 9.71. The molecule has 5 rings (SSSR count). The van der Waals surface area contributed by atoms with Gasteiger partial charge in [0.05, 0.1) is 37.7 Å². The van der Waals surface area contributed by atoms with Crippen LogP contribution < -0.4 is 10.2 Å². The highest BCUT2D eigenvalue weighted by Crippen LogP contribution is 2.27. The number of pyridine rings is 2. The van der Waals surface area contributed by atoms with Gasteiger partial charge < -0.3 is 29.8 Å². The number of H-pyrrole nitrogens is 1. The Balaban J connectivity index is 0.000000566. The van der Waals surface area contributed by atoms with Crippen LogP contribution in [-0.2, 0) is 14.3 Å². The highest BCUT2D eigenvalue weighted by molar-refractivity contribution is 5.94. The molecule has 1 fully saturated rings. The zero-order valence-electron chi connectivity index (χ0n) is 24.0. The predicted molar refractivity (Wildman–Crippen MR) is 155 cm³/mol. The van der Waals surface area contributed by atoms with E-state index in [9.17, 15) is 18.0 Å². The summed E-state index contributed by atoms with van der Waals surface area (Å²) in [7, 11) is 1.62. The van der Waals surface area contributed by atoms with Gasteiger partial charge in [0, 0.05) is 43.9 Å². The number of carbonyl (C=O) groups excluding carboxylic acids is 1. The van der Waals surface area contributed by atoms with E-state index in [0.29, 0.717) is 29.5 Å². The number of carboxylic acid groups (broad SMARTS) is 1. The van der Waals surface area contributed by atoms with E-state index >= 15 is 0 Å². The van der Waals surface area contributed by atoms with Crippen molar-refractivity contribution in [2.24, 2.45) is 0 Å². The minimum Gasteiger partial charge on any atom is -0.475 e. The Hall–Kier alpha value is -4.82. The lowest BCUT2D eigenvalue weighted by Gasteiger charge is -2.28. The Bertz CT molecular complexity index is 1560. The highest BCUT2D eigenvalue weighted by Gasteiger charge is 2.38. The van der Waals surface area contributed by atoms with E-state index in [1.807, 2.05) is 61.8 Å². The fraction of sp³-hybridized carbons (Fsp3) is 0.300. The summed E-state index contributed by atoms with van der Waals surface area (Å²) in [6, 6.07) is 15.5. The number of imidazole rings is 1. The van der Waals surface area contributed by atoms with Crippen LogP contribution in [0.25, 0.3) is 22.6 Å². The number of aryl methyl sites for hydroxylation is 1. The van der Waals surface area contributed by atoms with Crippen molar-refractivity contribution in [3.8, 4) is 22.6 Å². The molecule has 232 valence electrons. The van der Waals surface area contributed by atoms with Crippen LogP contribution >= 0.6 is 0 Å². The largest absolute Gasteiger partial charge is 0.490 e. The van der Waals surface area contributed by atoms with E-state index in [1.165, 1.54) is 0 Å². The lowest BCUT2D eigenvalue weighted by Crippen LogP contribution is -2.36. The molecular weight excluding hydrogens is 581 g/mol. The highest BCUT2D eigenvalue weighted by atomic mass is 19.4. The number of carbonyl (C=O) groups is 2. The monoisotopic (exact) mass is 612 g/mol. The second kappa shape index (κ2) is 14.6. The van der Waals surface area contributed by atoms with Crippen molar-refractivity contribution in [3.63, 3.8) is 0 Å². The second-order valence-electron chi connectivity index (χ2n) is 9.71. The quantitative estimate of drug-likeness (QED) is 0.263. The molecule has 3 aromatic heterocycles. The van der Waals surface area contributed by atoms with Crippen LogP contribution in [0.4, 0.5) is 18.9 Å². The van der Waals surface area contributed by atoms with Gasteiger partial charge in [-0.3, -0.25) is 14.8 Å². The summed E-state index contributed by atoms with van der Waals surface area (Å²) in [5.74, 6) is -2.50. The number of hydrogen-bond acceptors (Lipinski definition) is 8. The molecule has 1 aliphatic heterocycles. The van der Waals surface area contributed by atoms with E-state index in [1.54, 1.807) is 13.3 Å². The number of aliphatic carboxylic acids is 1. The Morgan fingerprint density at radius 1 is 1.11 bits per heavy atom. The van der Waals surface area contributed by atoms with Crippen LogP contribution in [0.5, 0.6) is 0 Å². The molecule has 1 aromatic carbocycles. The van der Waals surface area contributed by atoms with Gasteiger partial charge in [-0.15, -0.1) is 0 Å². The predicted octanol–water partition coefficient (Wildman–Crippen LogP) is 4.43. The number of hydrogen-bond donors (Lipinski definition) is 3. The van der Waals surface area contributed by atoms with Gasteiger partial charge >= 0.3 is 12.1 Å². The molecule has 44 heavy (non-hydrogen) atoms. The first kappa shape index (κ1) is 32.1. The fourth-order valence-corrected chi connectivity index (χ4v) is 4.42. The Kier molecular flexibility index (Phi) is 10.6. The number of morpholine rings is 1. The first-order chi connectivity index (χ1) is 21.1. The molecule has 0 spiro atoms. The van der Waals surface area contributed by atoms with Gasteiger partial charge in [-0.2, -0.15) is 13.2 Å². The normalized spacial score (nSPS) is 13.9. The molecule has 1 saturated heterocycles. The van der Waals surface area contributed by atoms with Gasteiger partial charge in [0.2, 0.25) is 0 Å². The average Bonchev–Trinajstić information content (AvgIpc) is 3.43. The number of amides is 1. The Morgan fingerprint density at radius 2 is 1.82 bits per heavy atom. The van der Waals surface area contributed by atoms with E-state index in [4.69, 9.17) is 19.4 Å². The fourth-order valence-electron chi connectivity index (χ4n) is 4.42. The maximum atomic E-state index is 13.2. The van der Waals surface area contributed by atoms with Gasteiger partial charge in [-0.05, 0) is 36.2 Å². The molecule has 11 nitrogen and oxygen atoms in total. The van der Waals surface area contributed by atoms with Crippen molar-refractivity contribution in [1.29, 1.82) is 0 Å². The number of alkyl halides is 3. The summed E-state index contributed by atoms with van der Waals surface area (Å²) in [6.45, 7) is 5.31. The number of ether oxygens (including phenoxy) is 2. The molecule has 3 N–H and O–H groups in total. The number of anilines is 1. The molecule has 14 heteroatoms. The summed E-state index contributed by atoms with van der Waals surface area (Å²) < 4.78 is 42.5. The van der Waals surface area contributed by atoms with Gasteiger partial charge in [-0.1, -0.05) is 30.3 Å². The Labute approximate surface area is 251 Å². The smallest absolute Gasteiger partial charge is 0.475 e. The average molecular weight is 613 g/mol. The van der Waals surface area contributed by atoms with E-state index in [-0.39, 0.29) is 11.9 Å². The summed E-state index contributed by atoms with van der Waals surface area (Å²) in [6.07, 6.45) is 0.381. The third-order valence-electron chi connectivity index (χ3n) is 6.62. The molecule has 0 bridgehead atoms. The first-order valence-electron chi connectivity index (χ1n) is 13.5. The molecule has 0 radical (unpaired) electrons. The third-order valence-corrected chi connectivity index (χ3v) is 6.62. The first-order valence-corrected chi connectivity index (χ1v) is 13.5. The summed E-state index contributed by atoms with van der Waals surface area (Å²) in [4.78, 5) is 41.1. The van der Waals surface area contributed by atoms with Crippen LogP contribution in [-0.4, -0.2) is 83.1 Å². The topological polar surface area (TPSA) is 143 Å². The molecule has 0 saturated carbocycles. The van der Waals surface area contributed by atoms with Gasteiger partial charge in [0.15, 0.2) is 5.82 Å². The van der Waals surface area contributed by atoms with E-state index < -0.39 is 12.1 Å². The molecule has 1 atom stereocenters. The molecule has 4 heterocycles. The number of rotatable bonds is 8. The van der Waals surface area contributed by atoms with Crippen molar-refractivity contribution in [3.05, 3.63) is 84.1 Å². The number of halogens is 3.